The van der Waals surface area contributed by atoms with Crippen LogP contribution in [0.2, 0.25) is 0 Å². The lowest BCUT2D eigenvalue weighted by Crippen LogP contribution is -2.66. The van der Waals surface area contributed by atoms with Gasteiger partial charge in [-0.05, 0) is 35.7 Å². The maximum absolute atomic E-state index is 15.5. The number of rotatable bonds is 5. The summed E-state index contributed by atoms with van der Waals surface area (Å²) in [6.07, 6.45) is 0.662. The number of hydrogen-bond donors (Lipinski definition) is 0. The standard InChI is InChI=1S/C33H27F2N3O5S/c1-19(39)23-15-37-30(32(31(23)40)43-16-20-7-3-2-4-8-20)33(41)36-13-14-42-17-27(36)38(37)29-21-11-12-25(34)28(35)24(21)18-44-26-10-6-5-9-22(26)29/h2-12,15,27,29H,13-14,16-18H2,1H3/t27-,29+/m1/s1. The van der Waals surface area contributed by atoms with E-state index in [0.717, 1.165) is 22.1 Å². The quantitative estimate of drug-likeness (QED) is 0.291. The first-order chi connectivity index (χ1) is 21.3. The molecule has 44 heavy (non-hydrogen) atoms. The number of Topliss-reactive ketones (excluding diaryl/α,β-unsaturated/α-hetero) is 1. The van der Waals surface area contributed by atoms with E-state index in [1.54, 1.807) is 11.0 Å². The maximum Gasteiger partial charge on any atom is 0.278 e. The average molecular weight is 616 g/mol. The Bertz CT molecular complexity index is 1860. The van der Waals surface area contributed by atoms with E-state index in [1.165, 1.54) is 29.6 Å². The van der Waals surface area contributed by atoms with Crippen molar-refractivity contribution in [2.24, 2.45) is 0 Å². The lowest BCUT2D eigenvalue weighted by molar-refractivity contribution is -0.0199. The van der Waals surface area contributed by atoms with Gasteiger partial charge in [-0.25, -0.2) is 8.78 Å². The Kier molecular flexibility index (Phi) is 7.22. The predicted octanol–water partition coefficient (Wildman–Crippen LogP) is 5.05. The normalized spacial score (nSPS) is 18.9. The molecular formula is C33H27F2N3O5S. The van der Waals surface area contributed by atoms with Gasteiger partial charge in [0, 0.05) is 29.0 Å². The van der Waals surface area contributed by atoms with Crippen molar-refractivity contribution in [2.45, 2.75) is 36.4 Å². The molecule has 1 amide bonds. The van der Waals surface area contributed by atoms with E-state index in [9.17, 15) is 18.8 Å². The zero-order valence-corrected chi connectivity index (χ0v) is 24.5. The second-order valence-corrected chi connectivity index (χ2v) is 11.8. The Morgan fingerprint density at radius 2 is 1.80 bits per heavy atom. The minimum Gasteiger partial charge on any atom is -0.482 e. The fourth-order valence-electron chi connectivity index (χ4n) is 6.14. The SMILES string of the molecule is CC(=O)c1cn2c(c(OCc3ccccc3)c1=O)C(=O)N1CCOC[C@H]1N2[C@@H]1c2ccccc2SCc2c1ccc(F)c2F. The van der Waals surface area contributed by atoms with E-state index in [-0.39, 0.29) is 54.7 Å². The van der Waals surface area contributed by atoms with E-state index in [0.29, 0.717) is 5.56 Å². The summed E-state index contributed by atoms with van der Waals surface area (Å²) in [4.78, 5) is 43.3. The maximum atomic E-state index is 15.5. The highest BCUT2D eigenvalue weighted by Gasteiger charge is 2.47. The molecule has 0 saturated carbocycles. The number of morpholine rings is 1. The number of fused-ring (bicyclic) bond motifs is 4. The van der Waals surface area contributed by atoms with Crippen molar-refractivity contribution in [2.75, 3.05) is 24.8 Å². The molecule has 8 nitrogen and oxygen atoms in total. The summed E-state index contributed by atoms with van der Waals surface area (Å²) < 4.78 is 43.5. The van der Waals surface area contributed by atoms with Crippen LogP contribution in [-0.2, 0) is 17.1 Å². The van der Waals surface area contributed by atoms with E-state index >= 15 is 4.39 Å². The van der Waals surface area contributed by atoms with Crippen molar-refractivity contribution >= 4 is 23.5 Å². The van der Waals surface area contributed by atoms with Crippen LogP contribution in [-0.4, -0.2) is 47.2 Å². The highest BCUT2D eigenvalue weighted by atomic mass is 32.2. The van der Waals surface area contributed by atoms with Crippen molar-refractivity contribution in [3.05, 3.63) is 128 Å². The van der Waals surface area contributed by atoms with Crippen LogP contribution < -0.4 is 15.2 Å². The van der Waals surface area contributed by atoms with Crippen LogP contribution in [0.3, 0.4) is 0 Å². The topological polar surface area (TPSA) is 81.1 Å². The van der Waals surface area contributed by atoms with Crippen molar-refractivity contribution < 1.29 is 27.8 Å². The van der Waals surface area contributed by atoms with Gasteiger partial charge in [-0.2, -0.15) is 0 Å². The van der Waals surface area contributed by atoms with Gasteiger partial charge in [0.2, 0.25) is 5.43 Å². The van der Waals surface area contributed by atoms with E-state index in [4.69, 9.17) is 9.47 Å². The van der Waals surface area contributed by atoms with Gasteiger partial charge in [0.1, 0.15) is 12.8 Å². The molecule has 3 aromatic carbocycles. The van der Waals surface area contributed by atoms with Gasteiger partial charge >= 0.3 is 0 Å². The molecule has 11 heteroatoms. The minimum absolute atomic E-state index is 0.0134. The number of carbonyl (C=O) groups excluding carboxylic acids is 2. The molecule has 1 aromatic heterocycles. The Balaban J connectivity index is 1.51. The molecule has 1 fully saturated rings. The number of carbonyl (C=O) groups is 2. The molecule has 3 aliphatic rings. The van der Waals surface area contributed by atoms with Gasteiger partial charge in [-0.15, -0.1) is 11.8 Å². The summed E-state index contributed by atoms with van der Waals surface area (Å²) in [6.45, 7) is 1.88. The number of ketones is 1. The molecule has 0 radical (unpaired) electrons. The zero-order valence-electron chi connectivity index (χ0n) is 23.7. The number of halogens is 2. The molecule has 0 bridgehead atoms. The fourth-order valence-corrected chi connectivity index (χ4v) is 7.26. The van der Waals surface area contributed by atoms with Gasteiger partial charge < -0.3 is 14.4 Å². The number of ether oxygens (including phenoxy) is 2. The van der Waals surface area contributed by atoms with E-state index in [1.807, 2.05) is 59.6 Å². The molecule has 2 atom stereocenters. The van der Waals surface area contributed by atoms with Crippen molar-refractivity contribution in [1.29, 1.82) is 0 Å². The smallest absolute Gasteiger partial charge is 0.278 e. The van der Waals surface area contributed by atoms with Crippen LogP contribution in [0.1, 0.15) is 56.1 Å². The van der Waals surface area contributed by atoms with Crippen molar-refractivity contribution in [3.63, 3.8) is 0 Å². The third-order valence-electron chi connectivity index (χ3n) is 8.25. The number of nitrogens with zero attached hydrogens (tertiary/aromatic N) is 3. The largest absolute Gasteiger partial charge is 0.482 e. The van der Waals surface area contributed by atoms with Crippen LogP contribution in [0.4, 0.5) is 8.78 Å². The molecule has 0 spiro atoms. The second kappa shape index (κ2) is 11.2. The Hall–Kier alpha value is -4.48. The number of pyridine rings is 1. The molecule has 0 aliphatic carbocycles. The van der Waals surface area contributed by atoms with Gasteiger partial charge in [0.15, 0.2) is 28.9 Å². The van der Waals surface area contributed by atoms with Crippen LogP contribution in [0, 0.1) is 11.6 Å². The summed E-state index contributed by atoms with van der Waals surface area (Å²) >= 11 is 1.39. The van der Waals surface area contributed by atoms with Crippen LogP contribution in [0.15, 0.2) is 82.6 Å². The van der Waals surface area contributed by atoms with E-state index < -0.39 is 41.0 Å². The number of hydrogen-bond acceptors (Lipinski definition) is 7. The van der Waals surface area contributed by atoms with Crippen molar-refractivity contribution in [1.82, 2.24) is 9.58 Å². The number of amides is 1. The Morgan fingerprint density at radius 1 is 1.02 bits per heavy atom. The zero-order chi connectivity index (χ0) is 30.5. The third-order valence-corrected chi connectivity index (χ3v) is 9.37. The monoisotopic (exact) mass is 615 g/mol. The molecule has 7 rings (SSSR count). The van der Waals surface area contributed by atoms with Crippen LogP contribution in [0.25, 0.3) is 0 Å². The Morgan fingerprint density at radius 3 is 2.59 bits per heavy atom. The first kappa shape index (κ1) is 28.3. The molecule has 4 heterocycles. The molecule has 3 aliphatic heterocycles. The minimum atomic E-state index is -0.954. The number of aromatic nitrogens is 1. The molecule has 1 saturated heterocycles. The molecule has 0 N–H and O–H groups in total. The Labute approximate surface area is 255 Å². The summed E-state index contributed by atoms with van der Waals surface area (Å²) in [5, 5.41) is 1.83. The van der Waals surface area contributed by atoms with Gasteiger partial charge in [-0.3, -0.25) is 24.1 Å². The summed E-state index contributed by atoms with van der Waals surface area (Å²) in [5.74, 6) is -2.91. The number of benzene rings is 3. The van der Waals surface area contributed by atoms with E-state index in [2.05, 4.69) is 0 Å². The highest BCUT2D eigenvalue weighted by Crippen LogP contribution is 2.45. The summed E-state index contributed by atoms with van der Waals surface area (Å²) in [5.41, 5.74) is 1.36. The number of thioether (sulfide) groups is 1. The first-order valence-electron chi connectivity index (χ1n) is 14.2. The second-order valence-electron chi connectivity index (χ2n) is 10.8. The predicted molar refractivity (Wildman–Crippen MR) is 160 cm³/mol. The molecular weight excluding hydrogens is 588 g/mol. The van der Waals surface area contributed by atoms with Crippen LogP contribution >= 0.6 is 11.8 Å². The highest BCUT2D eigenvalue weighted by molar-refractivity contribution is 7.98. The third kappa shape index (κ3) is 4.58. The lowest BCUT2D eigenvalue weighted by Gasteiger charge is -2.51. The van der Waals surface area contributed by atoms with Gasteiger partial charge in [-0.1, -0.05) is 54.6 Å². The summed E-state index contributed by atoms with van der Waals surface area (Å²) in [7, 11) is 0. The fraction of sp³-hybridized carbons (Fsp3) is 0.242. The molecule has 0 unspecified atom stereocenters. The van der Waals surface area contributed by atoms with Gasteiger partial charge in [0.05, 0.1) is 24.8 Å². The summed E-state index contributed by atoms with van der Waals surface area (Å²) in [6, 6.07) is 18.7. The van der Waals surface area contributed by atoms with Crippen molar-refractivity contribution in [3.8, 4) is 5.75 Å². The first-order valence-corrected chi connectivity index (χ1v) is 15.2. The van der Waals surface area contributed by atoms with Gasteiger partial charge in [0.25, 0.3) is 5.91 Å². The molecule has 4 aromatic rings. The average Bonchev–Trinajstić information content (AvgIpc) is 3.20. The lowest BCUT2D eigenvalue weighted by atomic mass is 9.93. The molecule has 224 valence electrons. The van der Waals surface area contributed by atoms with Crippen LogP contribution in [0.5, 0.6) is 5.75 Å².